The number of aliphatic hydroxyl groups excluding tert-OH is 1. The van der Waals surface area contributed by atoms with Crippen LogP contribution in [0, 0.1) is 12.7 Å². The average molecular weight is 312 g/mol. The molecule has 4 nitrogen and oxygen atoms in total. The van der Waals surface area contributed by atoms with Gasteiger partial charge < -0.3 is 5.11 Å². The van der Waals surface area contributed by atoms with E-state index in [4.69, 9.17) is 5.11 Å². The minimum absolute atomic E-state index is 0.180. The second-order valence-electron chi connectivity index (χ2n) is 3.23. The first-order valence-electron chi connectivity index (χ1n) is 4.43. The Hall–Kier alpha value is -0.660. The zero-order chi connectivity index (χ0) is 12.3. The highest BCUT2D eigenvalue weighted by Crippen LogP contribution is 2.24. The van der Waals surface area contributed by atoms with Crippen LogP contribution in [-0.4, -0.2) is 25.9 Å². The van der Waals surface area contributed by atoms with Gasteiger partial charge in [-0.1, -0.05) is 0 Å². The molecule has 2 N–H and O–H groups in total. The van der Waals surface area contributed by atoms with Crippen molar-refractivity contribution < 1.29 is 17.9 Å². The second-order valence-corrected chi connectivity index (χ2v) is 5.92. The Morgan fingerprint density at radius 1 is 1.50 bits per heavy atom. The van der Waals surface area contributed by atoms with E-state index < -0.39 is 22.4 Å². The van der Waals surface area contributed by atoms with Gasteiger partial charge in [-0.3, -0.25) is 4.72 Å². The molecule has 0 unspecified atom stereocenters. The number of halogens is 2. The van der Waals surface area contributed by atoms with Crippen LogP contribution in [0.25, 0.3) is 0 Å². The molecular weight excluding hydrogens is 301 g/mol. The van der Waals surface area contributed by atoms with Gasteiger partial charge >= 0.3 is 0 Å². The van der Waals surface area contributed by atoms with Crippen LogP contribution in [0.1, 0.15) is 5.56 Å². The van der Waals surface area contributed by atoms with Crippen molar-refractivity contribution in [2.75, 3.05) is 17.1 Å². The van der Waals surface area contributed by atoms with Crippen LogP contribution in [0.15, 0.2) is 16.6 Å². The highest BCUT2D eigenvalue weighted by molar-refractivity contribution is 9.10. The summed E-state index contributed by atoms with van der Waals surface area (Å²) in [5.74, 6) is -0.843. The summed E-state index contributed by atoms with van der Waals surface area (Å²) >= 11 is 2.97. The maximum atomic E-state index is 13.1. The Bertz CT molecular complexity index is 490. The fourth-order valence-electron chi connectivity index (χ4n) is 1.09. The van der Waals surface area contributed by atoms with Gasteiger partial charge in [0.2, 0.25) is 10.0 Å². The molecular formula is C9H11BrFNO3S. The summed E-state index contributed by atoms with van der Waals surface area (Å²) < 4.78 is 38.3. The topological polar surface area (TPSA) is 66.4 Å². The van der Waals surface area contributed by atoms with Gasteiger partial charge in [-0.2, -0.15) is 0 Å². The summed E-state index contributed by atoms with van der Waals surface area (Å²) in [6, 6.07) is 2.57. The molecule has 0 heterocycles. The molecule has 90 valence electrons. The Morgan fingerprint density at radius 2 is 2.12 bits per heavy atom. The molecule has 16 heavy (non-hydrogen) atoms. The first-order chi connectivity index (χ1) is 7.35. The van der Waals surface area contributed by atoms with Gasteiger partial charge in [0.15, 0.2) is 0 Å². The van der Waals surface area contributed by atoms with Crippen molar-refractivity contribution in [2.45, 2.75) is 6.92 Å². The summed E-state index contributed by atoms with van der Waals surface area (Å²) in [6.07, 6.45) is 0. The lowest BCUT2D eigenvalue weighted by atomic mass is 10.2. The number of aryl methyl sites for hydroxylation is 1. The molecule has 1 rings (SSSR count). The third-order valence-corrected chi connectivity index (χ3v) is 3.75. The molecule has 0 saturated heterocycles. The van der Waals surface area contributed by atoms with E-state index >= 15 is 0 Å². The van der Waals surface area contributed by atoms with Crippen LogP contribution < -0.4 is 4.72 Å². The Kier molecular flexibility index (Phi) is 4.28. The fourth-order valence-corrected chi connectivity index (χ4v) is 2.34. The number of sulfonamides is 1. The van der Waals surface area contributed by atoms with E-state index in [0.717, 1.165) is 0 Å². The number of benzene rings is 1. The standard InChI is InChI=1S/C9H11BrFNO3S/c1-6-4-8(11)7(10)5-9(6)12-16(14,15)3-2-13/h4-5,12-13H,2-3H2,1H3. The molecule has 1 aromatic rings. The van der Waals surface area contributed by atoms with Crippen LogP contribution >= 0.6 is 15.9 Å². The maximum Gasteiger partial charge on any atom is 0.234 e. The number of rotatable bonds is 4. The van der Waals surface area contributed by atoms with E-state index in [1.54, 1.807) is 6.92 Å². The minimum atomic E-state index is -3.58. The highest BCUT2D eigenvalue weighted by atomic mass is 79.9. The normalized spacial score (nSPS) is 11.5. The minimum Gasteiger partial charge on any atom is -0.395 e. The summed E-state index contributed by atoms with van der Waals surface area (Å²) in [7, 11) is -3.58. The first-order valence-corrected chi connectivity index (χ1v) is 6.87. The van der Waals surface area contributed by atoms with Gasteiger partial charge in [0.1, 0.15) is 5.82 Å². The van der Waals surface area contributed by atoms with Gasteiger partial charge in [-0.25, -0.2) is 12.8 Å². The predicted molar refractivity (Wildman–Crippen MR) is 63.3 cm³/mol. The van der Waals surface area contributed by atoms with Crippen molar-refractivity contribution in [1.29, 1.82) is 0 Å². The van der Waals surface area contributed by atoms with Gasteiger partial charge in [0, 0.05) is 0 Å². The molecule has 0 amide bonds. The second kappa shape index (κ2) is 5.11. The van der Waals surface area contributed by atoms with E-state index in [9.17, 15) is 12.8 Å². The van der Waals surface area contributed by atoms with Crippen molar-refractivity contribution in [3.05, 3.63) is 28.0 Å². The quantitative estimate of drug-likeness (QED) is 0.888. The smallest absolute Gasteiger partial charge is 0.234 e. The van der Waals surface area contributed by atoms with Crippen LogP contribution in [0.3, 0.4) is 0 Å². The van der Waals surface area contributed by atoms with Crippen molar-refractivity contribution in [3.8, 4) is 0 Å². The SMILES string of the molecule is Cc1cc(F)c(Br)cc1NS(=O)(=O)CCO. The summed E-state index contributed by atoms with van der Waals surface area (Å²) in [6.45, 7) is 1.13. The third-order valence-electron chi connectivity index (χ3n) is 1.89. The largest absolute Gasteiger partial charge is 0.395 e. The zero-order valence-corrected chi connectivity index (χ0v) is 10.9. The zero-order valence-electron chi connectivity index (χ0n) is 8.50. The molecule has 0 saturated carbocycles. The number of hydrogen-bond acceptors (Lipinski definition) is 3. The van der Waals surface area contributed by atoms with E-state index in [-0.39, 0.29) is 10.2 Å². The fraction of sp³-hybridized carbons (Fsp3) is 0.333. The lowest BCUT2D eigenvalue weighted by Crippen LogP contribution is -2.19. The van der Waals surface area contributed by atoms with Crippen LogP contribution in [0.4, 0.5) is 10.1 Å². The Labute approximate surface area is 102 Å². The lowest BCUT2D eigenvalue weighted by molar-refractivity contribution is 0.320. The van der Waals surface area contributed by atoms with Gasteiger partial charge in [0.05, 0.1) is 22.5 Å². The molecule has 0 atom stereocenters. The molecule has 0 bridgehead atoms. The molecule has 0 fully saturated rings. The molecule has 0 aliphatic heterocycles. The van der Waals surface area contributed by atoms with E-state index in [1.165, 1.54) is 12.1 Å². The van der Waals surface area contributed by atoms with Crippen LogP contribution in [0.2, 0.25) is 0 Å². The molecule has 0 aromatic heterocycles. The molecule has 0 aliphatic rings. The molecule has 0 radical (unpaired) electrons. The molecule has 0 spiro atoms. The maximum absolute atomic E-state index is 13.1. The van der Waals surface area contributed by atoms with E-state index in [0.29, 0.717) is 11.3 Å². The van der Waals surface area contributed by atoms with Crippen LogP contribution in [-0.2, 0) is 10.0 Å². The average Bonchev–Trinajstić information content (AvgIpc) is 2.13. The number of aliphatic hydroxyl groups is 1. The van der Waals surface area contributed by atoms with Crippen LogP contribution in [0.5, 0.6) is 0 Å². The van der Waals surface area contributed by atoms with Crippen molar-refractivity contribution >= 4 is 31.6 Å². The number of anilines is 1. The summed E-state index contributed by atoms with van der Waals surface area (Å²) in [4.78, 5) is 0. The van der Waals surface area contributed by atoms with Gasteiger partial charge in [-0.15, -0.1) is 0 Å². The molecule has 7 heteroatoms. The Morgan fingerprint density at radius 3 is 2.69 bits per heavy atom. The van der Waals surface area contributed by atoms with Gasteiger partial charge in [-0.05, 0) is 40.5 Å². The van der Waals surface area contributed by atoms with Crippen molar-refractivity contribution in [3.63, 3.8) is 0 Å². The predicted octanol–water partition coefficient (Wildman–Crippen LogP) is 1.63. The number of nitrogens with one attached hydrogen (secondary N) is 1. The summed E-state index contributed by atoms with van der Waals surface area (Å²) in [5.41, 5.74) is 0.768. The summed E-state index contributed by atoms with van der Waals surface area (Å²) in [5, 5.41) is 8.56. The highest BCUT2D eigenvalue weighted by Gasteiger charge is 2.12. The number of hydrogen-bond donors (Lipinski definition) is 2. The molecule has 1 aromatic carbocycles. The van der Waals surface area contributed by atoms with E-state index in [2.05, 4.69) is 20.7 Å². The first kappa shape index (κ1) is 13.4. The van der Waals surface area contributed by atoms with Crippen molar-refractivity contribution in [1.82, 2.24) is 0 Å². The molecule has 0 aliphatic carbocycles. The monoisotopic (exact) mass is 311 g/mol. The third kappa shape index (κ3) is 3.43. The van der Waals surface area contributed by atoms with Crippen molar-refractivity contribution in [2.24, 2.45) is 0 Å². The van der Waals surface area contributed by atoms with E-state index in [1.807, 2.05) is 0 Å². The lowest BCUT2D eigenvalue weighted by Gasteiger charge is -2.10. The Balaban J connectivity index is 3.03. The van der Waals surface area contributed by atoms with Gasteiger partial charge in [0.25, 0.3) is 0 Å².